The Morgan fingerprint density at radius 3 is 1.23 bits per heavy atom. The highest BCUT2D eigenvalue weighted by molar-refractivity contribution is 7.81. The maximum absolute atomic E-state index is 9.18. The molecule has 0 rings (SSSR count). The van der Waals surface area contributed by atoms with E-state index in [9.17, 15) is 9.90 Å². The molecule has 0 atom stereocenters. The lowest BCUT2D eigenvalue weighted by Gasteiger charge is -1.86. The van der Waals surface area contributed by atoms with Crippen molar-refractivity contribution in [1.82, 2.24) is 18.5 Å². The summed E-state index contributed by atoms with van der Waals surface area (Å²) in [6.07, 6.45) is -2.08. The van der Waals surface area contributed by atoms with Crippen LogP contribution in [0, 0.1) is 0 Å². The molecule has 0 spiro atoms. The first-order chi connectivity index (χ1) is 4.00. The van der Waals surface area contributed by atoms with Crippen molar-refractivity contribution in [2.45, 2.75) is 0 Å². The Labute approximate surface area is 80.2 Å². The van der Waals surface area contributed by atoms with Crippen LogP contribution in [0.15, 0.2) is 0 Å². The molecule has 0 aromatic carbocycles. The zero-order valence-corrected chi connectivity index (χ0v) is 8.58. The second kappa shape index (κ2) is 30.6. The molecular formula is C3H17N3O6S. The Morgan fingerprint density at radius 2 is 1.23 bits per heavy atom. The number of carbonyl (C=O) groups excluding carboxylic acids is 1. The van der Waals surface area contributed by atoms with Gasteiger partial charge in [0.05, 0.1) is 5.97 Å². The third-order valence-corrected chi connectivity index (χ3v) is 0.387. The second-order valence-electron chi connectivity index (χ2n) is 0.796. The lowest BCUT2D eigenvalue weighted by Crippen LogP contribution is -2.23. The van der Waals surface area contributed by atoms with Crippen LogP contribution < -0.4 is 28.7 Å². The van der Waals surface area contributed by atoms with E-state index in [4.69, 9.17) is 15.0 Å². The molecule has 0 aromatic heterocycles. The van der Waals surface area contributed by atoms with Gasteiger partial charge in [0.15, 0.2) is 0 Å². The molecule has 0 aliphatic heterocycles. The van der Waals surface area contributed by atoms with E-state index < -0.39 is 12.1 Å². The van der Waals surface area contributed by atoms with Crippen LogP contribution in [0.4, 0.5) is 4.79 Å². The average Bonchev–Trinajstić information content (AvgIpc) is 1.65. The minimum absolute atomic E-state index is 0. The van der Waals surface area contributed by atoms with E-state index in [-0.39, 0.29) is 29.7 Å². The Bertz CT molecular complexity index is 107. The summed E-state index contributed by atoms with van der Waals surface area (Å²) in [5.74, 6) is -1.33. The molecule has 14 N–H and O–H groups in total. The summed E-state index contributed by atoms with van der Waals surface area (Å²) in [7, 11) is 0. The number of quaternary nitrogens is 3. The normalized spacial score (nSPS) is 4.69. The van der Waals surface area contributed by atoms with Gasteiger partial charge in [0, 0.05) is 5.75 Å². The van der Waals surface area contributed by atoms with Crippen LogP contribution in [0.3, 0.4) is 0 Å². The van der Waals surface area contributed by atoms with Crippen molar-refractivity contribution in [3.05, 3.63) is 0 Å². The van der Waals surface area contributed by atoms with E-state index in [2.05, 4.69) is 12.6 Å². The van der Waals surface area contributed by atoms with Crippen molar-refractivity contribution in [2.75, 3.05) is 5.75 Å². The highest BCUT2D eigenvalue weighted by Crippen LogP contribution is 1.62. The fraction of sp³-hybridized carbons (Fsp3) is 0.333. The molecule has 0 saturated carbocycles. The van der Waals surface area contributed by atoms with Gasteiger partial charge in [0.25, 0.3) is 0 Å². The van der Waals surface area contributed by atoms with Crippen LogP contribution in [0.25, 0.3) is 0 Å². The largest absolute Gasteiger partial charge is 0.870 e. The smallest absolute Gasteiger partial charge is 0.249 e. The molecule has 0 saturated heterocycles. The number of carboxylic acids is 1. The van der Waals surface area contributed by atoms with E-state index in [1.54, 1.807) is 0 Å². The van der Waals surface area contributed by atoms with Crippen molar-refractivity contribution < 1.29 is 30.4 Å². The summed E-state index contributed by atoms with van der Waals surface area (Å²) in [5, 5.41) is 24.5. The first-order valence-electron chi connectivity index (χ1n) is 1.71. The van der Waals surface area contributed by atoms with E-state index >= 15 is 0 Å². The Morgan fingerprint density at radius 1 is 1.15 bits per heavy atom. The Kier molecular flexibility index (Phi) is 95.6. The first kappa shape index (κ1) is 40.5. The number of hydrogen-bond acceptors (Lipinski definition) is 6. The van der Waals surface area contributed by atoms with E-state index in [1.165, 1.54) is 0 Å². The molecule has 0 amide bonds. The number of hydrogen-bond donors (Lipinski definition) is 5. The molecule has 0 heterocycles. The fourth-order valence-corrected chi connectivity index (χ4v) is 0. The summed E-state index contributed by atoms with van der Waals surface area (Å²) in [4.78, 5) is 17.6. The second-order valence-corrected chi connectivity index (χ2v) is 1.11. The van der Waals surface area contributed by atoms with Gasteiger partial charge in [-0.05, 0) is 0 Å². The molecule has 86 valence electrons. The van der Waals surface area contributed by atoms with Gasteiger partial charge in [0.2, 0.25) is 6.16 Å². The summed E-state index contributed by atoms with van der Waals surface area (Å²) in [6.45, 7) is 0. The number of carboxylic acid groups (broad SMARTS) is 3. The predicted octanol–water partition coefficient (Wildman–Crippen LogP) is -1.49. The third-order valence-electron chi connectivity index (χ3n) is 0.129. The van der Waals surface area contributed by atoms with Crippen LogP contribution in [0.5, 0.6) is 0 Å². The lowest BCUT2D eigenvalue weighted by atomic mass is 10.8. The summed E-state index contributed by atoms with van der Waals surface area (Å²) < 4.78 is 0. The van der Waals surface area contributed by atoms with Crippen molar-refractivity contribution in [3.8, 4) is 0 Å². The molecule has 0 radical (unpaired) electrons. The van der Waals surface area contributed by atoms with Gasteiger partial charge in [-0.15, -0.1) is 0 Å². The fourth-order valence-electron chi connectivity index (χ4n) is 0. The average molecular weight is 223 g/mol. The molecule has 9 nitrogen and oxygen atoms in total. The number of aliphatic carboxylic acids is 1. The third kappa shape index (κ3) is 1010. The van der Waals surface area contributed by atoms with Gasteiger partial charge >= 0.3 is 0 Å². The molecule has 0 aliphatic carbocycles. The number of thiol groups is 1. The number of rotatable bonds is 1. The van der Waals surface area contributed by atoms with Crippen LogP contribution in [0.1, 0.15) is 0 Å². The Hall–Kier alpha value is -1.07. The topological polar surface area (TPSA) is 240 Å². The summed E-state index contributed by atoms with van der Waals surface area (Å²) in [6, 6.07) is 0. The predicted molar refractivity (Wildman–Crippen MR) is 46.8 cm³/mol. The first-order valence-corrected chi connectivity index (χ1v) is 2.34. The monoisotopic (exact) mass is 223 g/mol. The van der Waals surface area contributed by atoms with Crippen molar-refractivity contribution in [3.63, 3.8) is 0 Å². The molecule has 0 bridgehead atoms. The molecule has 0 unspecified atom stereocenters. The standard InChI is InChI=1S/C2H4O2S.CH2O3.3H3N.H2O/c3-2(4)1-5;2-1(3)4;;;;/h5H,1H2,(H,3,4);(H2,2,3,4);3*1H3;1H2. The van der Waals surface area contributed by atoms with Gasteiger partial charge in [0.1, 0.15) is 0 Å². The van der Waals surface area contributed by atoms with E-state index in [0.29, 0.717) is 0 Å². The summed E-state index contributed by atoms with van der Waals surface area (Å²) in [5.41, 5.74) is 0. The molecule has 0 aliphatic rings. The van der Waals surface area contributed by atoms with Gasteiger partial charge in [-0.25, -0.2) is 0 Å². The van der Waals surface area contributed by atoms with E-state index in [1.807, 2.05) is 0 Å². The van der Waals surface area contributed by atoms with Crippen LogP contribution >= 0.6 is 12.6 Å². The van der Waals surface area contributed by atoms with Crippen LogP contribution in [-0.4, -0.2) is 28.5 Å². The van der Waals surface area contributed by atoms with Crippen molar-refractivity contribution in [1.29, 1.82) is 0 Å². The maximum atomic E-state index is 9.18. The van der Waals surface area contributed by atoms with Crippen LogP contribution in [0.2, 0.25) is 0 Å². The number of carbonyl (C=O) groups is 2. The van der Waals surface area contributed by atoms with Gasteiger partial charge < -0.3 is 48.8 Å². The lowest BCUT2D eigenvalue weighted by molar-refractivity contribution is -0.301. The zero-order chi connectivity index (χ0) is 7.86. The Balaban J connectivity index is -0.0000000146. The van der Waals surface area contributed by atoms with Crippen molar-refractivity contribution in [2.24, 2.45) is 0 Å². The minimum Gasteiger partial charge on any atom is -0.870 e. The molecule has 0 aromatic rings. The molecule has 13 heavy (non-hydrogen) atoms. The van der Waals surface area contributed by atoms with Crippen molar-refractivity contribution >= 4 is 24.8 Å². The highest BCUT2D eigenvalue weighted by atomic mass is 32.1. The molecule has 10 heteroatoms. The highest BCUT2D eigenvalue weighted by Gasteiger charge is 1.66. The molecule has 0 fully saturated rings. The van der Waals surface area contributed by atoms with Crippen LogP contribution in [-0.2, 0) is 4.79 Å². The summed E-state index contributed by atoms with van der Waals surface area (Å²) >= 11 is 3.35. The molecular weight excluding hydrogens is 206 g/mol. The minimum atomic E-state index is -2.08. The SMILES string of the molecule is O=C([O-])CS.O=C([O-])O.[NH4+].[NH4+].[NH4+].[OH-]. The van der Waals surface area contributed by atoms with Gasteiger partial charge in [-0.2, -0.15) is 12.6 Å². The maximum Gasteiger partial charge on any atom is 0.249 e. The zero-order valence-electron chi connectivity index (χ0n) is 7.68. The van der Waals surface area contributed by atoms with E-state index in [0.717, 1.165) is 0 Å². The van der Waals surface area contributed by atoms with Gasteiger partial charge in [-0.3, -0.25) is 0 Å². The van der Waals surface area contributed by atoms with Gasteiger partial charge in [-0.1, -0.05) is 0 Å². The quantitative estimate of drug-likeness (QED) is 0.331.